The van der Waals surface area contributed by atoms with Crippen molar-refractivity contribution in [2.75, 3.05) is 11.1 Å². The Balaban J connectivity index is 1.79. The second-order valence-corrected chi connectivity index (χ2v) is 5.52. The predicted octanol–water partition coefficient (Wildman–Crippen LogP) is 3.13. The van der Waals surface area contributed by atoms with Gasteiger partial charge in [-0.15, -0.1) is 11.3 Å². The molecule has 0 saturated heterocycles. The third-order valence-corrected chi connectivity index (χ3v) is 3.84. The molecular formula is C13H11F2N3OS. The van der Waals surface area contributed by atoms with Gasteiger partial charge in [-0.1, -0.05) is 0 Å². The Labute approximate surface area is 117 Å². The van der Waals surface area contributed by atoms with Gasteiger partial charge in [0.1, 0.15) is 11.6 Å². The van der Waals surface area contributed by atoms with Crippen LogP contribution < -0.4 is 11.1 Å². The van der Waals surface area contributed by atoms with Crippen LogP contribution in [0, 0.1) is 11.6 Å². The van der Waals surface area contributed by atoms with Crippen LogP contribution >= 0.6 is 11.3 Å². The van der Waals surface area contributed by atoms with Crippen LogP contribution in [0.1, 0.15) is 34.8 Å². The molecule has 0 atom stereocenters. The van der Waals surface area contributed by atoms with Crippen molar-refractivity contribution in [3.63, 3.8) is 0 Å². The van der Waals surface area contributed by atoms with Crippen LogP contribution in [-0.2, 0) is 0 Å². The maximum absolute atomic E-state index is 13.6. The lowest BCUT2D eigenvalue weighted by atomic mass is 10.1. The minimum absolute atomic E-state index is 0.269. The Bertz CT molecular complexity index is 682. The first-order valence-corrected chi connectivity index (χ1v) is 6.94. The molecule has 0 spiro atoms. The van der Waals surface area contributed by atoms with Crippen LogP contribution in [0.25, 0.3) is 0 Å². The van der Waals surface area contributed by atoms with Crippen molar-refractivity contribution in [2.45, 2.75) is 18.8 Å². The zero-order valence-electron chi connectivity index (χ0n) is 10.3. The molecule has 2 aromatic rings. The minimum atomic E-state index is -0.951. The highest BCUT2D eigenvalue weighted by molar-refractivity contribution is 7.14. The van der Waals surface area contributed by atoms with Crippen LogP contribution in [0.4, 0.5) is 19.6 Å². The average Bonchev–Trinajstić information content (AvgIpc) is 3.15. The molecule has 1 aromatic heterocycles. The molecule has 0 radical (unpaired) electrons. The van der Waals surface area contributed by atoms with Crippen molar-refractivity contribution in [3.8, 4) is 0 Å². The number of rotatable bonds is 3. The lowest BCUT2D eigenvalue weighted by Gasteiger charge is -2.05. The third-order valence-electron chi connectivity index (χ3n) is 3.07. The van der Waals surface area contributed by atoms with Gasteiger partial charge in [-0.2, -0.15) is 0 Å². The standard InChI is InChI=1S/C13H11F2N3OS/c14-8-4-9(15)10(16)3-7(8)12(19)18-13-17-11(5-20-13)6-1-2-6/h3-6H,1-2,16H2,(H,17,18,19). The molecule has 3 rings (SSSR count). The van der Waals surface area contributed by atoms with Gasteiger partial charge in [0.15, 0.2) is 5.13 Å². The van der Waals surface area contributed by atoms with Crippen molar-refractivity contribution in [1.29, 1.82) is 0 Å². The summed E-state index contributed by atoms with van der Waals surface area (Å²) in [5, 5.41) is 4.78. The number of nitrogen functional groups attached to an aromatic ring is 1. The van der Waals surface area contributed by atoms with Crippen LogP contribution in [0.3, 0.4) is 0 Å². The molecule has 1 saturated carbocycles. The quantitative estimate of drug-likeness (QED) is 0.855. The van der Waals surface area contributed by atoms with Crippen LogP contribution in [-0.4, -0.2) is 10.9 Å². The van der Waals surface area contributed by atoms with Gasteiger partial charge in [0.2, 0.25) is 0 Å². The molecule has 20 heavy (non-hydrogen) atoms. The number of nitrogens with one attached hydrogen (secondary N) is 1. The maximum atomic E-state index is 13.6. The Morgan fingerprint density at radius 1 is 1.35 bits per heavy atom. The highest BCUT2D eigenvalue weighted by Gasteiger charge is 2.26. The van der Waals surface area contributed by atoms with Gasteiger partial charge >= 0.3 is 0 Å². The van der Waals surface area contributed by atoms with E-state index in [9.17, 15) is 13.6 Å². The fourth-order valence-corrected chi connectivity index (χ4v) is 2.60. The summed E-state index contributed by atoms with van der Waals surface area (Å²) in [7, 11) is 0. The van der Waals surface area contributed by atoms with Gasteiger partial charge in [-0.3, -0.25) is 10.1 Å². The Morgan fingerprint density at radius 2 is 2.10 bits per heavy atom. The van der Waals surface area contributed by atoms with E-state index in [1.165, 1.54) is 11.3 Å². The van der Waals surface area contributed by atoms with E-state index in [1.54, 1.807) is 0 Å². The van der Waals surface area contributed by atoms with E-state index in [0.717, 1.165) is 24.6 Å². The van der Waals surface area contributed by atoms with Crippen LogP contribution in [0.2, 0.25) is 0 Å². The molecule has 1 aliphatic carbocycles. The third kappa shape index (κ3) is 2.49. The fourth-order valence-electron chi connectivity index (χ4n) is 1.81. The molecule has 3 N–H and O–H groups in total. The number of amides is 1. The number of halogens is 2. The van der Waals surface area contributed by atoms with Crippen molar-refractivity contribution in [1.82, 2.24) is 4.98 Å². The summed E-state index contributed by atoms with van der Waals surface area (Å²) in [6.45, 7) is 0. The Kier molecular flexibility index (Phi) is 3.13. The number of nitrogens with zero attached hydrogens (tertiary/aromatic N) is 1. The Morgan fingerprint density at radius 3 is 2.80 bits per heavy atom. The zero-order chi connectivity index (χ0) is 14.3. The second kappa shape index (κ2) is 4.82. The lowest BCUT2D eigenvalue weighted by Crippen LogP contribution is -2.14. The normalized spacial score (nSPS) is 14.3. The number of benzene rings is 1. The van der Waals surface area contributed by atoms with E-state index in [-0.39, 0.29) is 11.3 Å². The minimum Gasteiger partial charge on any atom is -0.396 e. The predicted molar refractivity (Wildman–Crippen MR) is 72.8 cm³/mol. The van der Waals surface area contributed by atoms with Gasteiger partial charge in [0, 0.05) is 17.4 Å². The number of hydrogen-bond acceptors (Lipinski definition) is 4. The summed E-state index contributed by atoms with van der Waals surface area (Å²) < 4.78 is 26.6. The van der Waals surface area contributed by atoms with E-state index in [1.807, 2.05) is 5.38 Å². The summed E-state index contributed by atoms with van der Waals surface area (Å²) in [5.74, 6) is -2.04. The van der Waals surface area contributed by atoms with Crippen molar-refractivity contribution >= 4 is 28.1 Å². The summed E-state index contributed by atoms with van der Waals surface area (Å²) in [6, 6.07) is 1.58. The molecule has 1 fully saturated rings. The van der Waals surface area contributed by atoms with E-state index in [4.69, 9.17) is 5.73 Å². The largest absolute Gasteiger partial charge is 0.396 e. The first kappa shape index (κ1) is 13.0. The van der Waals surface area contributed by atoms with E-state index in [0.29, 0.717) is 17.1 Å². The molecule has 0 unspecified atom stereocenters. The van der Waals surface area contributed by atoms with Gasteiger partial charge in [-0.25, -0.2) is 13.8 Å². The molecule has 1 aliphatic rings. The van der Waals surface area contributed by atoms with Gasteiger partial charge in [0.05, 0.1) is 16.9 Å². The fraction of sp³-hybridized carbons (Fsp3) is 0.231. The van der Waals surface area contributed by atoms with Crippen LogP contribution in [0.5, 0.6) is 0 Å². The van der Waals surface area contributed by atoms with E-state index in [2.05, 4.69) is 10.3 Å². The summed E-state index contributed by atoms with van der Waals surface area (Å²) in [6.07, 6.45) is 2.22. The van der Waals surface area contributed by atoms with Crippen molar-refractivity contribution < 1.29 is 13.6 Å². The number of aromatic nitrogens is 1. The molecule has 1 aromatic carbocycles. The maximum Gasteiger partial charge on any atom is 0.260 e. The lowest BCUT2D eigenvalue weighted by molar-refractivity contribution is 0.102. The number of anilines is 2. The molecular weight excluding hydrogens is 284 g/mol. The average molecular weight is 295 g/mol. The molecule has 1 amide bonds. The van der Waals surface area contributed by atoms with Crippen molar-refractivity contribution in [3.05, 3.63) is 40.4 Å². The molecule has 104 valence electrons. The topological polar surface area (TPSA) is 68.0 Å². The first-order valence-electron chi connectivity index (χ1n) is 6.06. The smallest absolute Gasteiger partial charge is 0.260 e. The summed E-state index contributed by atoms with van der Waals surface area (Å²) in [4.78, 5) is 16.2. The molecule has 0 bridgehead atoms. The molecule has 7 heteroatoms. The molecule has 0 aliphatic heterocycles. The summed E-state index contributed by atoms with van der Waals surface area (Å²) >= 11 is 1.28. The van der Waals surface area contributed by atoms with E-state index >= 15 is 0 Å². The van der Waals surface area contributed by atoms with Crippen molar-refractivity contribution in [2.24, 2.45) is 0 Å². The summed E-state index contributed by atoms with van der Waals surface area (Å²) in [5.41, 5.74) is 5.72. The zero-order valence-corrected chi connectivity index (χ0v) is 11.1. The monoisotopic (exact) mass is 295 g/mol. The number of hydrogen-bond donors (Lipinski definition) is 2. The van der Waals surface area contributed by atoms with Crippen LogP contribution in [0.15, 0.2) is 17.5 Å². The second-order valence-electron chi connectivity index (χ2n) is 4.66. The highest BCUT2D eigenvalue weighted by Crippen LogP contribution is 2.40. The first-order chi connectivity index (χ1) is 9.54. The van der Waals surface area contributed by atoms with Gasteiger partial charge in [0.25, 0.3) is 5.91 Å². The SMILES string of the molecule is Nc1cc(C(=O)Nc2nc(C3CC3)cs2)c(F)cc1F. The molecule has 4 nitrogen and oxygen atoms in total. The number of carbonyl (C=O) groups excluding carboxylic acids is 1. The number of nitrogens with two attached hydrogens (primary N) is 1. The van der Waals surface area contributed by atoms with Gasteiger partial charge in [-0.05, 0) is 18.9 Å². The Hall–Kier alpha value is -2.02. The number of thiazole rings is 1. The highest BCUT2D eigenvalue weighted by atomic mass is 32.1. The number of carbonyl (C=O) groups is 1. The van der Waals surface area contributed by atoms with E-state index < -0.39 is 17.5 Å². The molecule has 1 heterocycles. The van der Waals surface area contributed by atoms with Gasteiger partial charge < -0.3 is 5.73 Å².